The zero-order chi connectivity index (χ0) is 10.4. The summed E-state index contributed by atoms with van der Waals surface area (Å²) >= 11 is 0. The first-order valence-electron chi connectivity index (χ1n) is 5.66. The van der Waals surface area contributed by atoms with Gasteiger partial charge in [-0.3, -0.25) is 0 Å². The molecule has 0 fully saturated rings. The minimum absolute atomic E-state index is 0.692. The molecule has 0 aliphatic rings. The molecule has 0 N–H and O–H groups in total. The Hall–Kier alpha value is -0.780. The summed E-state index contributed by atoms with van der Waals surface area (Å²) in [6.07, 6.45) is 4.62. The summed E-state index contributed by atoms with van der Waals surface area (Å²) in [6.45, 7) is 8.38. The van der Waals surface area contributed by atoms with Gasteiger partial charge >= 0.3 is 0 Å². The summed E-state index contributed by atoms with van der Waals surface area (Å²) < 4.78 is 0. The Bertz CT molecular complexity index is 245. The number of rotatable bonds is 5. The lowest BCUT2D eigenvalue weighted by Crippen LogP contribution is -1.92. The molecule has 0 saturated carbocycles. The Labute approximate surface area is 88.4 Å². The summed E-state index contributed by atoms with van der Waals surface area (Å²) in [5.74, 6) is 0.692. The molecule has 0 heterocycles. The molecule has 0 spiro atoms. The maximum absolute atomic E-state index is 3.86. The van der Waals surface area contributed by atoms with E-state index in [0.29, 0.717) is 5.92 Å². The number of hydrogen-bond acceptors (Lipinski definition) is 0. The van der Waals surface area contributed by atoms with Crippen LogP contribution >= 0.6 is 0 Å². The Morgan fingerprint density at radius 1 is 1.21 bits per heavy atom. The van der Waals surface area contributed by atoms with E-state index in [0.717, 1.165) is 6.42 Å². The second kappa shape index (κ2) is 5.85. The van der Waals surface area contributed by atoms with Gasteiger partial charge in [-0.05, 0) is 36.3 Å². The molecule has 1 radical (unpaired) electrons. The molecule has 1 unspecified atom stereocenters. The third-order valence-corrected chi connectivity index (χ3v) is 2.88. The lowest BCUT2D eigenvalue weighted by molar-refractivity contribution is 0.732. The zero-order valence-corrected chi connectivity index (χ0v) is 9.42. The van der Waals surface area contributed by atoms with Crippen LogP contribution in [0.5, 0.6) is 0 Å². The van der Waals surface area contributed by atoms with E-state index in [2.05, 4.69) is 45.0 Å². The molecule has 0 bridgehead atoms. The van der Waals surface area contributed by atoms with Crippen molar-refractivity contribution in [2.24, 2.45) is 0 Å². The first-order valence-corrected chi connectivity index (χ1v) is 5.66. The van der Waals surface area contributed by atoms with Gasteiger partial charge in [0.2, 0.25) is 0 Å². The van der Waals surface area contributed by atoms with E-state index < -0.39 is 0 Å². The molecule has 0 amide bonds. The van der Waals surface area contributed by atoms with E-state index in [-0.39, 0.29) is 0 Å². The second-order valence-electron chi connectivity index (χ2n) is 4.01. The van der Waals surface area contributed by atoms with E-state index in [9.17, 15) is 0 Å². The van der Waals surface area contributed by atoms with Gasteiger partial charge in [-0.1, -0.05) is 51.5 Å². The number of unbranched alkanes of at least 4 members (excludes halogenated alkanes) is 1. The highest BCUT2D eigenvalue weighted by atomic mass is 14.1. The molecular weight excluding hydrogens is 168 g/mol. The van der Waals surface area contributed by atoms with Gasteiger partial charge in [0.25, 0.3) is 0 Å². The van der Waals surface area contributed by atoms with Gasteiger partial charge in [-0.15, -0.1) is 0 Å². The summed E-state index contributed by atoms with van der Waals surface area (Å²) in [7, 11) is 0. The zero-order valence-electron chi connectivity index (χ0n) is 9.42. The SMILES string of the molecule is [CH2]CCCc1ccc(C(C)CC)cc1. The molecular formula is C14H21. The van der Waals surface area contributed by atoms with E-state index in [1.54, 1.807) is 0 Å². The van der Waals surface area contributed by atoms with E-state index in [1.165, 1.54) is 30.4 Å². The van der Waals surface area contributed by atoms with Gasteiger partial charge < -0.3 is 0 Å². The molecule has 0 aromatic heterocycles. The molecule has 0 aliphatic carbocycles. The van der Waals surface area contributed by atoms with Crippen LogP contribution in [0, 0.1) is 6.92 Å². The lowest BCUT2D eigenvalue weighted by atomic mass is 9.97. The molecule has 0 aliphatic heterocycles. The predicted molar refractivity (Wildman–Crippen MR) is 63.4 cm³/mol. The first-order chi connectivity index (χ1) is 6.77. The molecule has 14 heavy (non-hydrogen) atoms. The van der Waals surface area contributed by atoms with Crippen molar-refractivity contribution in [3.8, 4) is 0 Å². The Morgan fingerprint density at radius 2 is 1.86 bits per heavy atom. The van der Waals surface area contributed by atoms with Gasteiger partial charge in [0.15, 0.2) is 0 Å². The molecule has 0 saturated heterocycles. The van der Waals surface area contributed by atoms with Crippen molar-refractivity contribution < 1.29 is 0 Å². The summed E-state index contributed by atoms with van der Waals surface area (Å²) in [5, 5.41) is 0. The maximum Gasteiger partial charge on any atom is -0.0193 e. The molecule has 1 aromatic rings. The van der Waals surface area contributed by atoms with Crippen LogP contribution in [0.15, 0.2) is 24.3 Å². The van der Waals surface area contributed by atoms with E-state index in [4.69, 9.17) is 0 Å². The average molecular weight is 189 g/mol. The smallest absolute Gasteiger partial charge is 0.0193 e. The van der Waals surface area contributed by atoms with Crippen LogP contribution in [0.3, 0.4) is 0 Å². The van der Waals surface area contributed by atoms with Gasteiger partial charge in [0.1, 0.15) is 0 Å². The van der Waals surface area contributed by atoms with Crippen molar-refractivity contribution in [2.45, 2.75) is 45.4 Å². The minimum atomic E-state index is 0.692. The number of aryl methyl sites for hydroxylation is 1. The van der Waals surface area contributed by atoms with Gasteiger partial charge in [-0.2, -0.15) is 0 Å². The Morgan fingerprint density at radius 3 is 2.36 bits per heavy atom. The molecule has 1 rings (SSSR count). The molecule has 0 nitrogen and oxygen atoms in total. The van der Waals surface area contributed by atoms with Crippen LogP contribution in [0.4, 0.5) is 0 Å². The number of hydrogen-bond donors (Lipinski definition) is 0. The van der Waals surface area contributed by atoms with Crippen molar-refractivity contribution in [3.63, 3.8) is 0 Å². The summed E-state index contributed by atoms with van der Waals surface area (Å²) in [5.41, 5.74) is 2.91. The van der Waals surface area contributed by atoms with Crippen LogP contribution in [-0.4, -0.2) is 0 Å². The standard InChI is InChI=1S/C14H21/c1-4-6-7-13-8-10-14(11-9-13)12(3)5-2/h8-12H,1,4-7H2,2-3H3. The molecule has 1 atom stereocenters. The van der Waals surface area contributed by atoms with Gasteiger partial charge in [0, 0.05) is 0 Å². The first kappa shape index (κ1) is 11.3. The lowest BCUT2D eigenvalue weighted by Gasteiger charge is -2.09. The Kier molecular flexibility index (Phi) is 4.72. The van der Waals surface area contributed by atoms with Crippen molar-refractivity contribution in [1.29, 1.82) is 0 Å². The molecule has 0 heteroatoms. The van der Waals surface area contributed by atoms with Gasteiger partial charge in [0.05, 0.1) is 0 Å². The van der Waals surface area contributed by atoms with Crippen molar-refractivity contribution in [2.75, 3.05) is 0 Å². The number of benzene rings is 1. The van der Waals surface area contributed by atoms with E-state index in [1.807, 2.05) is 0 Å². The van der Waals surface area contributed by atoms with Crippen LogP contribution in [-0.2, 0) is 6.42 Å². The highest BCUT2D eigenvalue weighted by Crippen LogP contribution is 2.19. The minimum Gasteiger partial charge on any atom is -0.0648 e. The van der Waals surface area contributed by atoms with Crippen LogP contribution in [0.25, 0.3) is 0 Å². The van der Waals surface area contributed by atoms with Crippen LogP contribution in [0.2, 0.25) is 0 Å². The largest absolute Gasteiger partial charge is 0.0648 e. The monoisotopic (exact) mass is 189 g/mol. The fourth-order valence-corrected chi connectivity index (χ4v) is 1.58. The predicted octanol–water partition coefficient (Wildman–Crippen LogP) is 4.36. The van der Waals surface area contributed by atoms with Crippen molar-refractivity contribution in [3.05, 3.63) is 42.3 Å². The fraction of sp³-hybridized carbons (Fsp3) is 0.500. The molecule has 1 aromatic carbocycles. The quantitative estimate of drug-likeness (QED) is 0.645. The topological polar surface area (TPSA) is 0 Å². The van der Waals surface area contributed by atoms with Crippen molar-refractivity contribution >= 4 is 0 Å². The second-order valence-corrected chi connectivity index (χ2v) is 4.01. The maximum atomic E-state index is 3.86. The fourth-order valence-electron chi connectivity index (χ4n) is 1.58. The Balaban J connectivity index is 2.59. The third kappa shape index (κ3) is 3.17. The average Bonchev–Trinajstić information content (AvgIpc) is 2.26. The van der Waals surface area contributed by atoms with Crippen LogP contribution < -0.4 is 0 Å². The highest BCUT2D eigenvalue weighted by Gasteiger charge is 2.01. The van der Waals surface area contributed by atoms with Crippen LogP contribution in [0.1, 0.15) is 50.2 Å². The van der Waals surface area contributed by atoms with E-state index >= 15 is 0 Å². The van der Waals surface area contributed by atoms with Crippen molar-refractivity contribution in [1.82, 2.24) is 0 Å². The normalized spacial score (nSPS) is 12.8. The van der Waals surface area contributed by atoms with Gasteiger partial charge in [-0.25, -0.2) is 0 Å². The third-order valence-electron chi connectivity index (χ3n) is 2.88. The highest BCUT2D eigenvalue weighted by molar-refractivity contribution is 5.25. The summed E-state index contributed by atoms with van der Waals surface area (Å²) in [4.78, 5) is 0. The summed E-state index contributed by atoms with van der Waals surface area (Å²) in [6, 6.07) is 9.06. The molecule has 77 valence electrons.